The lowest BCUT2D eigenvalue weighted by Gasteiger charge is -2.15. The fourth-order valence-corrected chi connectivity index (χ4v) is 3.04. The summed E-state index contributed by atoms with van der Waals surface area (Å²) in [5.41, 5.74) is 2.34. The van der Waals surface area contributed by atoms with Crippen LogP contribution in [-0.4, -0.2) is 17.1 Å². The molecular weight excluding hydrogens is 344 g/mol. The maximum atomic E-state index is 12.2. The fraction of sp³-hybridized carbons (Fsp3) is 0.333. The Morgan fingerprint density at radius 1 is 1.19 bits per heavy atom. The Hall–Kier alpha value is -3.02. The van der Waals surface area contributed by atoms with Crippen molar-refractivity contribution in [3.05, 3.63) is 64.6 Å². The number of nitrogens with one attached hydrogen (secondary N) is 1. The molecule has 0 spiro atoms. The average Bonchev–Trinajstić information content (AvgIpc) is 2.98. The lowest BCUT2D eigenvalue weighted by Crippen LogP contribution is -2.27. The zero-order valence-corrected chi connectivity index (χ0v) is 15.6. The van der Waals surface area contributed by atoms with Crippen LogP contribution in [0.5, 0.6) is 5.75 Å². The van der Waals surface area contributed by atoms with E-state index in [1.54, 1.807) is 10.6 Å². The predicted octanol–water partition coefficient (Wildman–Crippen LogP) is 3.65. The lowest BCUT2D eigenvalue weighted by molar-refractivity contribution is -0.121. The number of carbonyl (C=O) groups excluding carboxylic acids is 1. The molecule has 0 fully saturated rings. The number of ether oxygens (including phenoxy) is 1. The number of rotatable bonds is 8. The topological polar surface area (TPSA) is 73.5 Å². The van der Waals surface area contributed by atoms with E-state index in [2.05, 4.69) is 5.32 Å². The smallest absolute Gasteiger partial charge is 0.419 e. The quantitative estimate of drug-likeness (QED) is 0.659. The second kappa shape index (κ2) is 8.58. The SMILES string of the molecule is CCOc1ccc(C(C)NC(=O)CCCn2c(=O)oc3ccccc32)cc1. The third-order valence-corrected chi connectivity index (χ3v) is 4.43. The first kappa shape index (κ1) is 18.8. The molecule has 0 aliphatic heterocycles. The number of amides is 1. The number of para-hydroxylation sites is 2. The van der Waals surface area contributed by atoms with Gasteiger partial charge in [0.15, 0.2) is 5.58 Å². The number of fused-ring (bicyclic) bond motifs is 1. The summed E-state index contributed by atoms with van der Waals surface area (Å²) in [7, 11) is 0. The normalized spacial score (nSPS) is 12.1. The minimum absolute atomic E-state index is 0.0442. The molecule has 142 valence electrons. The number of hydrogen-bond acceptors (Lipinski definition) is 4. The van der Waals surface area contributed by atoms with E-state index in [4.69, 9.17) is 9.15 Å². The van der Waals surface area contributed by atoms with Crippen LogP contribution in [0.3, 0.4) is 0 Å². The average molecular weight is 368 g/mol. The Balaban J connectivity index is 1.52. The molecule has 1 atom stereocenters. The van der Waals surface area contributed by atoms with Crippen LogP contribution in [0, 0.1) is 0 Å². The molecule has 0 bridgehead atoms. The second-order valence-electron chi connectivity index (χ2n) is 6.38. The van der Waals surface area contributed by atoms with Gasteiger partial charge in [0.2, 0.25) is 5.91 Å². The van der Waals surface area contributed by atoms with Crippen LogP contribution in [0.25, 0.3) is 11.1 Å². The van der Waals surface area contributed by atoms with Gasteiger partial charge in [-0.2, -0.15) is 0 Å². The largest absolute Gasteiger partial charge is 0.494 e. The molecule has 6 heteroatoms. The zero-order valence-electron chi connectivity index (χ0n) is 15.6. The van der Waals surface area contributed by atoms with Gasteiger partial charge in [-0.15, -0.1) is 0 Å². The molecule has 6 nitrogen and oxygen atoms in total. The van der Waals surface area contributed by atoms with Crippen molar-refractivity contribution in [1.82, 2.24) is 9.88 Å². The van der Waals surface area contributed by atoms with E-state index in [1.807, 2.05) is 56.3 Å². The molecule has 0 saturated carbocycles. The summed E-state index contributed by atoms with van der Waals surface area (Å²) in [6.45, 7) is 4.96. The van der Waals surface area contributed by atoms with Gasteiger partial charge in [-0.1, -0.05) is 24.3 Å². The molecule has 0 radical (unpaired) electrons. The highest BCUT2D eigenvalue weighted by Crippen LogP contribution is 2.18. The summed E-state index contributed by atoms with van der Waals surface area (Å²) in [6, 6.07) is 14.9. The van der Waals surface area contributed by atoms with Crippen molar-refractivity contribution in [2.24, 2.45) is 0 Å². The van der Waals surface area contributed by atoms with Crippen LogP contribution in [0.1, 0.15) is 38.3 Å². The molecule has 1 unspecified atom stereocenters. The molecule has 27 heavy (non-hydrogen) atoms. The van der Waals surface area contributed by atoms with Gasteiger partial charge in [0, 0.05) is 13.0 Å². The lowest BCUT2D eigenvalue weighted by atomic mass is 10.1. The monoisotopic (exact) mass is 368 g/mol. The van der Waals surface area contributed by atoms with Crippen molar-refractivity contribution in [2.75, 3.05) is 6.61 Å². The number of nitrogens with zero attached hydrogens (tertiary/aromatic N) is 1. The molecule has 1 aromatic heterocycles. The van der Waals surface area contributed by atoms with Crippen molar-refractivity contribution in [3.8, 4) is 5.75 Å². The van der Waals surface area contributed by atoms with E-state index in [-0.39, 0.29) is 17.7 Å². The number of hydrogen-bond donors (Lipinski definition) is 1. The van der Waals surface area contributed by atoms with Gasteiger partial charge >= 0.3 is 5.76 Å². The van der Waals surface area contributed by atoms with Crippen molar-refractivity contribution in [3.63, 3.8) is 0 Å². The molecule has 1 amide bonds. The zero-order chi connectivity index (χ0) is 19.2. The highest BCUT2D eigenvalue weighted by atomic mass is 16.5. The highest BCUT2D eigenvalue weighted by molar-refractivity contribution is 5.76. The summed E-state index contributed by atoms with van der Waals surface area (Å²) >= 11 is 0. The van der Waals surface area contributed by atoms with Gasteiger partial charge in [-0.3, -0.25) is 9.36 Å². The first-order valence-corrected chi connectivity index (χ1v) is 9.19. The van der Waals surface area contributed by atoms with Crippen LogP contribution in [0.2, 0.25) is 0 Å². The van der Waals surface area contributed by atoms with Crippen LogP contribution in [0.15, 0.2) is 57.7 Å². The molecule has 0 aliphatic rings. The van der Waals surface area contributed by atoms with Crippen molar-refractivity contribution < 1.29 is 13.9 Å². The van der Waals surface area contributed by atoms with E-state index in [1.165, 1.54) is 0 Å². The van der Waals surface area contributed by atoms with Gasteiger partial charge in [-0.05, 0) is 50.1 Å². The van der Waals surface area contributed by atoms with E-state index < -0.39 is 0 Å². The Morgan fingerprint density at radius 3 is 2.67 bits per heavy atom. The van der Waals surface area contributed by atoms with Crippen LogP contribution in [-0.2, 0) is 11.3 Å². The maximum absolute atomic E-state index is 12.2. The molecular formula is C21H24N2O4. The molecule has 3 rings (SSSR count). The van der Waals surface area contributed by atoms with E-state index in [0.717, 1.165) is 16.8 Å². The Morgan fingerprint density at radius 2 is 1.93 bits per heavy atom. The summed E-state index contributed by atoms with van der Waals surface area (Å²) in [5.74, 6) is 0.383. The van der Waals surface area contributed by atoms with Crippen LogP contribution >= 0.6 is 0 Å². The molecule has 1 heterocycles. The maximum Gasteiger partial charge on any atom is 0.419 e. The van der Waals surface area contributed by atoms with E-state index in [9.17, 15) is 9.59 Å². The van der Waals surface area contributed by atoms with Gasteiger partial charge in [0.05, 0.1) is 18.2 Å². The predicted molar refractivity (Wildman–Crippen MR) is 104 cm³/mol. The first-order valence-electron chi connectivity index (χ1n) is 9.19. The van der Waals surface area contributed by atoms with Gasteiger partial charge in [-0.25, -0.2) is 4.79 Å². The number of carbonyl (C=O) groups is 1. The van der Waals surface area contributed by atoms with Gasteiger partial charge in [0.25, 0.3) is 0 Å². The van der Waals surface area contributed by atoms with E-state index in [0.29, 0.717) is 31.6 Å². The standard InChI is InChI=1S/C21H24N2O4/c1-3-26-17-12-10-16(11-13-17)15(2)22-20(24)9-6-14-23-18-7-4-5-8-19(18)27-21(23)25/h4-5,7-8,10-13,15H,3,6,9,14H2,1-2H3,(H,22,24). The van der Waals surface area contributed by atoms with Gasteiger partial charge < -0.3 is 14.5 Å². The summed E-state index contributed by atoms with van der Waals surface area (Å²) in [5, 5.41) is 2.99. The summed E-state index contributed by atoms with van der Waals surface area (Å²) < 4.78 is 12.2. The molecule has 0 aliphatic carbocycles. The van der Waals surface area contributed by atoms with Crippen LogP contribution < -0.4 is 15.8 Å². The van der Waals surface area contributed by atoms with Crippen molar-refractivity contribution in [1.29, 1.82) is 0 Å². The number of benzene rings is 2. The Kier molecular flexibility index (Phi) is 5.96. The van der Waals surface area contributed by atoms with Crippen molar-refractivity contribution in [2.45, 2.75) is 39.3 Å². The molecule has 1 N–H and O–H groups in total. The second-order valence-corrected chi connectivity index (χ2v) is 6.38. The third kappa shape index (κ3) is 4.58. The molecule has 3 aromatic rings. The number of oxazole rings is 1. The Bertz CT molecular complexity index is 956. The Labute approximate surface area is 157 Å². The number of aryl methyl sites for hydroxylation is 1. The molecule has 0 saturated heterocycles. The first-order chi connectivity index (χ1) is 13.1. The third-order valence-electron chi connectivity index (χ3n) is 4.43. The number of aromatic nitrogens is 1. The fourth-order valence-electron chi connectivity index (χ4n) is 3.04. The summed E-state index contributed by atoms with van der Waals surface area (Å²) in [4.78, 5) is 24.2. The van der Waals surface area contributed by atoms with Gasteiger partial charge in [0.1, 0.15) is 5.75 Å². The van der Waals surface area contributed by atoms with Crippen LogP contribution in [0.4, 0.5) is 0 Å². The summed E-state index contributed by atoms with van der Waals surface area (Å²) in [6.07, 6.45) is 0.901. The minimum atomic E-state index is -0.389. The highest BCUT2D eigenvalue weighted by Gasteiger charge is 2.12. The van der Waals surface area contributed by atoms with E-state index >= 15 is 0 Å². The van der Waals surface area contributed by atoms with Crippen molar-refractivity contribution >= 4 is 17.0 Å². The molecule has 2 aromatic carbocycles. The minimum Gasteiger partial charge on any atom is -0.494 e.